The second-order valence-corrected chi connectivity index (χ2v) is 11.0. The van der Waals surface area contributed by atoms with E-state index in [4.69, 9.17) is 0 Å². The van der Waals surface area contributed by atoms with Crippen molar-refractivity contribution >= 4 is 16.6 Å². The highest BCUT2D eigenvalue weighted by Crippen LogP contribution is 2.43. The lowest BCUT2D eigenvalue weighted by molar-refractivity contribution is 0.278. The van der Waals surface area contributed by atoms with Crippen LogP contribution >= 0.6 is 0 Å². The van der Waals surface area contributed by atoms with Gasteiger partial charge in [-0.1, -0.05) is 27.7 Å². The van der Waals surface area contributed by atoms with Gasteiger partial charge in [-0.25, -0.2) is 13.9 Å². The molecule has 1 saturated carbocycles. The fourth-order valence-electron chi connectivity index (χ4n) is 6.05. The molecule has 34 heavy (non-hydrogen) atoms. The Balaban J connectivity index is 1.60. The Morgan fingerprint density at radius 3 is 2.47 bits per heavy atom. The zero-order valence-electron chi connectivity index (χ0n) is 21.2. The predicted molar refractivity (Wildman–Crippen MR) is 136 cm³/mol. The first kappa shape index (κ1) is 23.0. The van der Waals surface area contributed by atoms with E-state index in [1.54, 1.807) is 6.33 Å². The Hall–Kier alpha value is -2.76. The van der Waals surface area contributed by atoms with Gasteiger partial charge in [-0.15, -0.1) is 0 Å². The quantitative estimate of drug-likeness (QED) is 0.335. The topological polar surface area (TPSA) is 58.9 Å². The van der Waals surface area contributed by atoms with Crippen LogP contribution in [-0.4, -0.2) is 24.6 Å². The van der Waals surface area contributed by atoms with Crippen LogP contribution in [0.25, 0.3) is 27.8 Å². The molecule has 0 aromatic carbocycles. The van der Waals surface area contributed by atoms with E-state index in [-0.39, 0.29) is 17.7 Å². The molecular weight excluding hydrogens is 425 g/mol. The van der Waals surface area contributed by atoms with E-state index in [1.807, 2.05) is 16.9 Å². The van der Waals surface area contributed by atoms with Gasteiger partial charge in [0.05, 0.1) is 23.1 Å². The molecule has 1 N–H and O–H groups in total. The lowest BCUT2D eigenvalue weighted by Crippen LogP contribution is -2.17. The summed E-state index contributed by atoms with van der Waals surface area (Å²) < 4.78 is 18.0. The van der Waals surface area contributed by atoms with Crippen LogP contribution in [0.15, 0.2) is 18.7 Å². The van der Waals surface area contributed by atoms with Crippen LogP contribution < -0.4 is 0 Å². The van der Waals surface area contributed by atoms with Gasteiger partial charge in [-0.3, -0.25) is 4.98 Å². The molecule has 0 aliphatic heterocycles. The third kappa shape index (κ3) is 3.81. The molecule has 0 radical (unpaired) electrons. The molecule has 4 aromatic heterocycles. The van der Waals surface area contributed by atoms with Gasteiger partial charge in [-0.2, -0.15) is 5.10 Å². The van der Waals surface area contributed by atoms with Crippen LogP contribution in [0.5, 0.6) is 0 Å². The van der Waals surface area contributed by atoms with Crippen molar-refractivity contribution in [2.45, 2.75) is 85.5 Å². The summed E-state index contributed by atoms with van der Waals surface area (Å²) in [4.78, 5) is 12.6. The number of aromatic nitrogens is 5. The second-order valence-electron chi connectivity index (χ2n) is 11.0. The summed E-state index contributed by atoms with van der Waals surface area (Å²) in [7, 11) is 0. The number of rotatable bonds is 5. The molecule has 1 aliphatic carbocycles. The number of hydrogen-bond acceptors (Lipinski definition) is 3. The van der Waals surface area contributed by atoms with Crippen molar-refractivity contribution in [2.24, 2.45) is 11.8 Å². The van der Waals surface area contributed by atoms with Crippen molar-refractivity contribution in [3.63, 3.8) is 0 Å². The summed E-state index contributed by atoms with van der Waals surface area (Å²) in [6, 6.07) is 0. The van der Waals surface area contributed by atoms with Gasteiger partial charge in [0, 0.05) is 23.1 Å². The van der Waals surface area contributed by atoms with E-state index in [1.165, 1.54) is 19.3 Å². The summed E-state index contributed by atoms with van der Waals surface area (Å²) in [5.74, 6) is 1.73. The predicted octanol–water partition coefficient (Wildman–Crippen LogP) is 7.47. The van der Waals surface area contributed by atoms with E-state index >= 15 is 4.39 Å². The molecule has 0 saturated heterocycles. The summed E-state index contributed by atoms with van der Waals surface area (Å²) in [5, 5.41) is 5.06. The first-order valence-corrected chi connectivity index (χ1v) is 12.8. The van der Waals surface area contributed by atoms with E-state index < -0.39 is 0 Å². The van der Waals surface area contributed by atoms with Crippen molar-refractivity contribution in [1.82, 2.24) is 24.6 Å². The fourth-order valence-corrected chi connectivity index (χ4v) is 6.05. The average Bonchev–Trinajstić information content (AvgIpc) is 3.42. The maximum absolute atomic E-state index is 16.2. The number of halogens is 1. The Morgan fingerprint density at radius 1 is 1.06 bits per heavy atom. The van der Waals surface area contributed by atoms with E-state index in [2.05, 4.69) is 61.6 Å². The first-order valence-electron chi connectivity index (χ1n) is 12.8. The monoisotopic (exact) mass is 461 g/mol. The Labute approximate surface area is 201 Å². The zero-order chi connectivity index (χ0) is 24.1. The number of H-pyrrole nitrogens is 1. The lowest BCUT2D eigenvalue weighted by Gasteiger charge is -2.29. The van der Waals surface area contributed by atoms with Crippen molar-refractivity contribution in [3.05, 3.63) is 46.9 Å². The van der Waals surface area contributed by atoms with Crippen LogP contribution in [0.4, 0.5) is 4.39 Å². The molecule has 4 heterocycles. The van der Waals surface area contributed by atoms with Gasteiger partial charge in [0.15, 0.2) is 11.5 Å². The number of nitrogens with zero attached hydrogens (tertiary/aromatic N) is 4. The zero-order valence-corrected chi connectivity index (χ0v) is 21.2. The highest BCUT2D eigenvalue weighted by molar-refractivity contribution is 5.92. The second kappa shape index (κ2) is 8.79. The number of aromatic amines is 1. The van der Waals surface area contributed by atoms with Crippen LogP contribution in [0.1, 0.15) is 94.0 Å². The van der Waals surface area contributed by atoms with Gasteiger partial charge >= 0.3 is 0 Å². The largest absolute Gasteiger partial charge is 0.353 e. The Morgan fingerprint density at radius 2 is 1.79 bits per heavy atom. The molecule has 1 aliphatic rings. The first-order chi connectivity index (χ1) is 16.3. The third-order valence-electron chi connectivity index (χ3n) is 7.86. The standard InChI is InChI=1S/C28H36FN5/c1-15(2)11-19-7-9-20(10-8-19)26-25(29)24-22(12-30-26)33-27(23(24)16(3)4)21-13-34-28(31-14-32-34)18(6)17(21)5/h12-16,19-20,33H,7-11H2,1-6H3. The molecule has 0 amide bonds. The van der Waals surface area contributed by atoms with Gasteiger partial charge in [-0.05, 0) is 80.4 Å². The van der Waals surface area contributed by atoms with Gasteiger partial charge in [0.1, 0.15) is 6.33 Å². The maximum atomic E-state index is 16.2. The molecule has 0 atom stereocenters. The number of pyridine rings is 2. The molecular formula is C28H36FN5. The minimum absolute atomic E-state index is 0.132. The third-order valence-corrected chi connectivity index (χ3v) is 7.86. The average molecular weight is 462 g/mol. The van der Waals surface area contributed by atoms with Crippen molar-refractivity contribution in [1.29, 1.82) is 0 Å². The summed E-state index contributed by atoms with van der Waals surface area (Å²) >= 11 is 0. The Kier molecular flexibility index (Phi) is 5.95. The number of hydrogen-bond donors (Lipinski definition) is 1. The van der Waals surface area contributed by atoms with Crippen LogP contribution in [0.2, 0.25) is 0 Å². The molecule has 1 fully saturated rings. The van der Waals surface area contributed by atoms with Crippen molar-refractivity contribution in [2.75, 3.05) is 0 Å². The highest BCUT2D eigenvalue weighted by Gasteiger charge is 2.29. The Bertz CT molecular complexity index is 1340. The normalized spacial score (nSPS) is 19.2. The molecule has 5 rings (SSSR count). The number of aryl methyl sites for hydroxylation is 1. The summed E-state index contributed by atoms with van der Waals surface area (Å²) in [6.07, 6.45) is 11.1. The molecule has 4 aromatic rings. The molecule has 0 spiro atoms. The van der Waals surface area contributed by atoms with Crippen molar-refractivity contribution < 1.29 is 4.39 Å². The van der Waals surface area contributed by atoms with Crippen molar-refractivity contribution in [3.8, 4) is 11.3 Å². The minimum Gasteiger partial charge on any atom is -0.353 e. The van der Waals surface area contributed by atoms with Gasteiger partial charge in [0.25, 0.3) is 0 Å². The van der Waals surface area contributed by atoms with Crippen LogP contribution in [0.3, 0.4) is 0 Å². The van der Waals surface area contributed by atoms with Crippen LogP contribution in [0, 0.1) is 31.5 Å². The molecule has 5 nitrogen and oxygen atoms in total. The van der Waals surface area contributed by atoms with Crippen LogP contribution in [-0.2, 0) is 0 Å². The molecule has 6 heteroatoms. The fraction of sp³-hybridized carbons (Fsp3) is 0.536. The van der Waals surface area contributed by atoms with Gasteiger partial charge in [0.2, 0.25) is 0 Å². The summed E-state index contributed by atoms with van der Waals surface area (Å²) in [5.41, 5.74) is 7.50. The number of nitrogens with one attached hydrogen (secondary N) is 1. The van der Waals surface area contributed by atoms with E-state index in [0.29, 0.717) is 11.1 Å². The highest BCUT2D eigenvalue weighted by atomic mass is 19.1. The molecule has 0 bridgehead atoms. The number of fused-ring (bicyclic) bond motifs is 2. The SMILES string of the molecule is Cc1c(-c2[nH]c3cnc(C4CCC(CC(C)C)CC4)c(F)c3c2C(C)C)cn2ncnc2c1C. The molecule has 0 unspecified atom stereocenters. The lowest BCUT2D eigenvalue weighted by atomic mass is 9.77. The maximum Gasteiger partial charge on any atom is 0.158 e. The molecule has 180 valence electrons. The van der Waals surface area contributed by atoms with E-state index in [0.717, 1.165) is 63.8 Å². The minimum atomic E-state index is -0.132. The van der Waals surface area contributed by atoms with Gasteiger partial charge < -0.3 is 4.98 Å². The van der Waals surface area contributed by atoms with E-state index in [9.17, 15) is 0 Å². The smallest absolute Gasteiger partial charge is 0.158 e. The summed E-state index contributed by atoms with van der Waals surface area (Å²) in [6.45, 7) is 13.0.